The first kappa shape index (κ1) is 11.5. The van der Waals surface area contributed by atoms with E-state index in [1.165, 1.54) is 32.1 Å². The van der Waals surface area contributed by atoms with Gasteiger partial charge in [-0.15, -0.1) is 0 Å². The molecular formula is C14H18N2O2. The topological polar surface area (TPSA) is 53.4 Å². The van der Waals surface area contributed by atoms with Crippen molar-refractivity contribution in [1.29, 1.82) is 0 Å². The minimum absolute atomic E-state index is 0.146. The summed E-state index contributed by atoms with van der Waals surface area (Å²) < 4.78 is 0. The van der Waals surface area contributed by atoms with Gasteiger partial charge in [-0.25, -0.2) is 9.78 Å². The monoisotopic (exact) mass is 246 g/mol. The van der Waals surface area contributed by atoms with Gasteiger partial charge in [-0.3, -0.25) is 0 Å². The number of aromatic carboxylic acids is 1. The van der Waals surface area contributed by atoms with Crippen LogP contribution in [0.2, 0.25) is 0 Å². The first-order valence-corrected chi connectivity index (χ1v) is 6.72. The summed E-state index contributed by atoms with van der Waals surface area (Å²) in [7, 11) is 0. The van der Waals surface area contributed by atoms with Gasteiger partial charge in [0.05, 0.1) is 0 Å². The second-order valence-electron chi connectivity index (χ2n) is 5.30. The molecule has 0 radical (unpaired) electrons. The highest BCUT2D eigenvalue weighted by molar-refractivity contribution is 5.86. The number of aromatic nitrogens is 1. The van der Waals surface area contributed by atoms with Crippen LogP contribution < -0.4 is 4.90 Å². The second kappa shape index (κ2) is 4.59. The fourth-order valence-corrected chi connectivity index (χ4v) is 3.49. The molecule has 1 N–H and O–H groups in total. The number of rotatable bonds is 2. The predicted octanol–water partition coefficient (Wildman–Crippen LogP) is 2.55. The minimum Gasteiger partial charge on any atom is -0.477 e. The molecule has 2 aliphatic rings. The molecule has 1 saturated carbocycles. The van der Waals surface area contributed by atoms with Gasteiger partial charge in [-0.05, 0) is 43.7 Å². The molecule has 0 aromatic carbocycles. The lowest BCUT2D eigenvalue weighted by Gasteiger charge is -2.39. The zero-order chi connectivity index (χ0) is 12.5. The van der Waals surface area contributed by atoms with Crippen LogP contribution in [0.5, 0.6) is 0 Å². The average Bonchev–Trinajstić information content (AvgIpc) is 2.87. The number of carbonyl (C=O) groups is 1. The Morgan fingerprint density at radius 1 is 1.33 bits per heavy atom. The van der Waals surface area contributed by atoms with Gasteiger partial charge in [0, 0.05) is 24.5 Å². The summed E-state index contributed by atoms with van der Waals surface area (Å²) in [5.41, 5.74) is 1.17. The van der Waals surface area contributed by atoms with Gasteiger partial charge in [-0.2, -0.15) is 0 Å². The van der Waals surface area contributed by atoms with Crippen molar-refractivity contribution < 1.29 is 9.90 Å². The van der Waals surface area contributed by atoms with Crippen molar-refractivity contribution in [1.82, 2.24) is 4.98 Å². The molecule has 1 aromatic rings. The first-order valence-electron chi connectivity index (χ1n) is 6.72. The van der Waals surface area contributed by atoms with Crippen LogP contribution in [-0.2, 0) is 0 Å². The largest absolute Gasteiger partial charge is 0.477 e. The molecule has 4 nitrogen and oxygen atoms in total. The number of anilines is 1. The van der Waals surface area contributed by atoms with Crippen LogP contribution in [0.4, 0.5) is 5.69 Å². The van der Waals surface area contributed by atoms with E-state index in [9.17, 15) is 4.79 Å². The van der Waals surface area contributed by atoms with Crippen LogP contribution in [-0.4, -0.2) is 28.6 Å². The third-order valence-corrected chi connectivity index (χ3v) is 4.29. The molecule has 0 amide bonds. The lowest BCUT2D eigenvalue weighted by molar-refractivity contribution is 0.0690. The van der Waals surface area contributed by atoms with Crippen LogP contribution in [0.25, 0.3) is 0 Å². The number of carboxylic acids is 1. The summed E-state index contributed by atoms with van der Waals surface area (Å²) in [4.78, 5) is 17.3. The maximum absolute atomic E-state index is 11.0. The maximum atomic E-state index is 11.0. The molecule has 2 fully saturated rings. The second-order valence-corrected chi connectivity index (χ2v) is 5.30. The van der Waals surface area contributed by atoms with Gasteiger partial charge in [-0.1, -0.05) is 6.42 Å². The molecule has 1 aliphatic heterocycles. The summed E-state index contributed by atoms with van der Waals surface area (Å²) in [5.74, 6) is -0.142. The number of piperidine rings is 1. The molecule has 1 aromatic heterocycles. The molecule has 0 bridgehead atoms. The molecule has 2 heterocycles. The zero-order valence-electron chi connectivity index (χ0n) is 10.4. The summed E-state index contributed by atoms with van der Waals surface area (Å²) in [6.07, 6.45) is 8.04. The van der Waals surface area contributed by atoms with Gasteiger partial charge < -0.3 is 10.0 Å². The van der Waals surface area contributed by atoms with Crippen LogP contribution in [0.3, 0.4) is 0 Å². The Hall–Kier alpha value is -1.58. The molecule has 3 rings (SSSR count). The number of fused-ring (bicyclic) bond motifs is 1. The molecule has 1 saturated heterocycles. The van der Waals surface area contributed by atoms with Gasteiger partial charge >= 0.3 is 5.97 Å². The van der Waals surface area contributed by atoms with E-state index in [0.717, 1.165) is 18.2 Å². The fourth-order valence-electron chi connectivity index (χ4n) is 3.49. The van der Waals surface area contributed by atoms with Crippen molar-refractivity contribution in [2.24, 2.45) is 5.92 Å². The Morgan fingerprint density at radius 2 is 2.17 bits per heavy atom. The highest BCUT2D eigenvalue weighted by Gasteiger charge is 2.35. The smallest absolute Gasteiger partial charge is 0.354 e. The lowest BCUT2D eigenvalue weighted by atomic mass is 9.91. The van der Waals surface area contributed by atoms with E-state index in [-0.39, 0.29) is 5.69 Å². The first-order chi connectivity index (χ1) is 8.75. The van der Waals surface area contributed by atoms with Crippen molar-refractivity contribution in [3.63, 3.8) is 0 Å². The van der Waals surface area contributed by atoms with Crippen LogP contribution in [0.15, 0.2) is 18.3 Å². The van der Waals surface area contributed by atoms with Crippen LogP contribution in [0.1, 0.15) is 42.6 Å². The van der Waals surface area contributed by atoms with Gasteiger partial charge in [0.15, 0.2) is 0 Å². The minimum atomic E-state index is -0.947. The number of hydrogen-bond donors (Lipinski definition) is 1. The number of pyridine rings is 1. The van der Waals surface area contributed by atoms with Crippen LogP contribution >= 0.6 is 0 Å². The molecule has 2 atom stereocenters. The van der Waals surface area contributed by atoms with Crippen molar-refractivity contribution in [2.45, 2.75) is 38.1 Å². The van der Waals surface area contributed by atoms with Crippen molar-refractivity contribution >= 4 is 11.7 Å². The molecule has 96 valence electrons. The summed E-state index contributed by atoms with van der Waals surface area (Å²) in [5, 5.41) is 9.01. The molecule has 2 unspecified atom stereocenters. The SMILES string of the molecule is O=C(O)c1cc(N2CCCC3CCCC32)ccn1. The van der Waals surface area contributed by atoms with E-state index < -0.39 is 5.97 Å². The lowest BCUT2D eigenvalue weighted by Crippen LogP contribution is -2.42. The molecule has 4 heteroatoms. The van der Waals surface area contributed by atoms with E-state index in [4.69, 9.17) is 5.11 Å². The Morgan fingerprint density at radius 3 is 3.00 bits per heavy atom. The van der Waals surface area contributed by atoms with Crippen molar-refractivity contribution in [3.05, 3.63) is 24.0 Å². The van der Waals surface area contributed by atoms with Gasteiger partial charge in [0.1, 0.15) is 5.69 Å². The Bertz CT molecular complexity index is 461. The predicted molar refractivity (Wildman–Crippen MR) is 68.9 cm³/mol. The summed E-state index contributed by atoms with van der Waals surface area (Å²) >= 11 is 0. The van der Waals surface area contributed by atoms with E-state index in [0.29, 0.717) is 6.04 Å². The average molecular weight is 246 g/mol. The van der Waals surface area contributed by atoms with E-state index >= 15 is 0 Å². The third kappa shape index (κ3) is 1.96. The quantitative estimate of drug-likeness (QED) is 0.871. The van der Waals surface area contributed by atoms with Crippen molar-refractivity contribution in [2.75, 3.05) is 11.4 Å². The third-order valence-electron chi connectivity index (χ3n) is 4.29. The zero-order valence-corrected chi connectivity index (χ0v) is 10.4. The maximum Gasteiger partial charge on any atom is 0.354 e. The normalized spacial score (nSPS) is 27.0. The van der Waals surface area contributed by atoms with Gasteiger partial charge in [0.2, 0.25) is 0 Å². The van der Waals surface area contributed by atoms with Crippen molar-refractivity contribution in [3.8, 4) is 0 Å². The summed E-state index contributed by atoms with van der Waals surface area (Å²) in [6, 6.07) is 4.26. The standard InChI is InChI=1S/C14H18N2O2/c17-14(18)12-9-11(6-7-15-12)16-8-2-4-10-3-1-5-13(10)16/h6-7,9-10,13H,1-5,8H2,(H,17,18). The molecule has 0 spiro atoms. The highest BCUT2D eigenvalue weighted by atomic mass is 16.4. The highest BCUT2D eigenvalue weighted by Crippen LogP contribution is 2.39. The summed E-state index contributed by atoms with van der Waals surface area (Å²) in [6.45, 7) is 1.05. The van der Waals surface area contributed by atoms with E-state index in [1.807, 2.05) is 6.07 Å². The molecule has 18 heavy (non-hydrogen) atoms. The van der Waals surface area contributed by atoms with E-state index in [1.54, 1.807) is 12.3 Å². The Balaban J connectivity index is 1.89. The van der Waals surface area contributed by atoms with Gasteiger partial charge in [0.25, 0.3) is 0 Å². The van der Waals surface area contributed by atoms with Crippen LogP contribution in [0, 0.1) is 5.92 Å². The fraction of sp³-hybridized carbons (Fsp3) is 0.571. The number of nitrogens with zero attached hydrogens (tertiary/aromatic N) is 2. The molecular weight excluding hydrogens is 228 g/mol. The Labute approximate surface area is 107 Å². The number of carboxylic acid groups (broad SMARTS) is 1. The van der Waals surface area contributed by atoms with E-state index in [2.05, 4.69) is 9.88 Å². The number of hydrogen-bond acceptors (Lipinski definition) is 3. The molecule has 1 aliphatic carbocycles. The Kier molecular flexibility index (Phi) is 2.94.